The molecule has 1 aliphatic heterocycles. The molecule has 1 aromatic heterocycles. The average Bonchev–Trinajstić information content (AvgIpc) is 3.10. The fourth-order valence-corrected chi connectivity index (χ4v) is 4.04. The standard InChI is InChI=1S/C18H27N3O3/c22-17(23)9-8-13-5-4-10-21(12-13)18(24)16-11-15(19-20-16)14-6-2-1-3-7-14/h11,13-14H,1-10,12H2,(H,19,20)(H,22,23). The van der Waals surface area contributed by atoms with E-state index in [0.717, 1.165) is 25.1 Å². The Morgan fingerprint density at radius 1 is 1.21 bits per heavy atom. The van der Waals surface area contributed by atoms with Crippen LogP contribution in [0.3, 0.4) is 0 Å². The van der Waals surface area contributed by atoms with E-state index >= 15 is 0 Å². The van der Waals surface area contributed by atoms with Gasteiger partial charge in [0, 0.05) is 31.1 Å². The zero-order valence-electron chi connectivity index (χ0n) is 14.2. The number of carbonyl (C=O) groups excluding carboxylic acids is 1. The lowest BCUT2D eigenvalue weighted by Crippen LogP contribution is -2.40. The molecule has 1 saturated carbocycles. The van der Waals surface area contributed by atoms with Crippen LogP contribution in [0, 0.1) is 5.92 Å². The molecule has 2 aliphatic rings. The van der Waals surface area contributed by atoms with Crippen molar-refractivity contribution in [2.75, 3.05) is 13.1 Å². The van der Waals surface area contributed by atoms with Crippen molar-refractivity contribution in [1.82, 2.24) is 15.1 Å². The van der Waals surface area contributed by atoms with Gasteiger partial charge in [-0.2, -0.15) is 5.10 Å². The van der Waals surface area contributed by atoms with Crippen molar-refractivity contribution in [2.24, 2.45) is 5.92 Å². The molecule has 0 aromatic carbocycles. The van der Waals surface area contributed by atoms with Crippen molar-refractivity contribution >= 4 is 11.9 Å². The lowest BCUT2D eigenvalue weighted by molar-refractivity contribution is -0.137. The van der Waals surface area contributed by atoms with E-state index in [2.05, 4.69) is 10.2 Å². The van der Waals surface area contributed by atoms with Crippen LogP contribution < -0.4 is 0 Å². The molecule has 1 saturated heterocycles. The Morgan fingerprint density at radius 3 is 2.75 bits per heavy atom. The summed E-state index contributed by atoms with van der Waals surface area (Å²) < 4.78 is 0. The molecular formula is C18H27N3O3. The Labute approximate surface area is 142 Å². The van der Waals surface area contributed by atoms with Gasteiger partial charge in [-0.15, -0.1) is 0 Å². The Kier molecular flexibility index (Phi) is 5.53. The molecule has 1 unspecified atom stereocenters. The summed E-state index contributed by atoms with van der Waals surface area (Å²) in [5, 5.41) is 16.2. The highest BCUT2D eigenvalue weighted by Gasteiger charge is 2.27. The molecule has 3 rings (SSSR count). The van der Waals surface area contributed by atoms with Crippen LogP contribution in [0.1, 0.15) is 79.9 Å². The molecule has 0 bridgehead atoms. The lowest BCUT2D eigenvalue weighted by atomic mass is 9.87. The molecule has 1 aliphatic carbocycles. The third-order valence-corrected chi connectivity index (χ3v) is 5.43. The van der Waals surface area contributed by atoms with Crippen molar-refractivity contribution in [3.63, 3.8) is 0 Å². The normalized spacial score (nSPS) is 22.5. The number of aromatic nitrogens is 2. The van der Waals surface area contributed by atoms with Crippen LogP contribution in [0.5, 0.6) is 0 Å². The minimum Gasteiger partial charge on any atom is -0.481 e. The number of hydrogen-bond acceptors (Lipinski definition) is 3. The first kappa shape index (κ1) is 17.0. The van der Waals surface area contributed by atoms with E-state index in [9.17, 15) is 9.59 Å². The van der Waals surface area contributed by atoms with E-state index in [1.54, 1.807) is 0 Å². The van der Waals surface area contributed by atoms with E-state index in [4.69, 9.17) is 5.11 Å². The molecule has 2 fully saturated rings. The molecule has 6 nitrogen and oxygen atoms in total. The van der Waals surface area contributed by atoms with Gasteiger partial charge >= 0.3 is 5.97 Å². The topological polar surface area (TPSA) is 86.3 Å². The smallest absolute Gasteiger partial charge is 0.303 e. The molecule has 132 valence electrons. The Bertz CT molecular complexity index is 578. The second-order valence-electron chi connectivity index (χ2n) is 7.24. The lowest BCUT2D eigenvalue weighted by Gasteiger charge is -2.32. The number of piperidine rings is 1. The summed E-state index contributed by atoms with van der Waals surface area (Å²) >= 11 is 0. The van der Waals surface area contributed by atoms with Crippen molar-refractivity contribution in [2.45, 2.75) is 63.7 Å². The van der Waals surface area contributed by atoms with E-state index in [0.29, 0.717) is 24.6 Å². The van der Waals surface area contributed by atoms with Crippen molar-refractivity contribution in [3.05, 3.63) is 17.5 Å². The second-order valence-corrected chi connectivity index (χ2v) is 7.24. The summed E-state index contributed by atoms with van der Waals surface area (Å²) in [5.41, 5.74) is 1.60. The molecule has 0 radical (unpaired) electrons. The summed E-state index contributed by atoms with van der Waals surface area (Å²) in [6.45, 7) is 1.39. The summed E-state index contributed by atoms with van der Waals surface area (Å²) in [6, 6.07) is 1.93. The maximum absolute atomic E-state index is 12.7. The van der Waals surface area contributed by atoms with E-state index < -0.39 is 5.97 Å². The van der Waals surface area contributed by atoms with Crippen molar-refractivity contribution in [3.8, 4) is 0 Å². The Morgan fingerprint density at radius 2 is 2.00 bits per heavy atom. The molecule has 1 atom stereocenters. The molecule has 1 amide bonds. The van der Waals surface area contributed by atoms with Gasteiger partial charge in [0.2, 0.25) is 0 Å². The van der Waals surface area contributed by atoms with Gasteiger partial charge in [-0.3, -0.25) is 14.7 Å². The van der Waals surface area contributed by atoms with Crippen LogP contribution in [-0.2, 0) is 4.79 Å². The van der Waals surface area contributed by atoms with E-state index in [1.807, 2.05) is 11.0 Å². The van der Waals surface area contributed by atoms with Crippen LogP contribution in [0.15, 0.2) is 6.07 Å². The third kappa shape index (κ3) is 4.16. The maximum Gasteiger partial charge on any atom is 0.303 e. The minimum atomic E-state index is -0.761. The van der Waals surface area contributed by atoms with Gasteiger partial charge in [-0.25, -0.2) is 0 Å². The summed E-state index contributed by atoms with van der Waals surface area (Å²) in [7, 11) is 0. The summed E-state index contributed by atoms with van der Waals surface area (Å²) in [6.07, 6.45) is 8.94. The second kappa shape index (κ2) is 7.81. The summed E-state index contributed by atoms with van der Waals surface area (Å²) in [4.78, 5) is 25.3. The van der Waals surface area contributed by atoms with Gasteiger partial charge in [0.25, 0.3) is 5.91 Å². The van der Waals surface area contributed by atoms with Crippen LogP contribution in [0.2, 0.25) is 0 Å². The van der Waals surface area contributed by atoms with Gasteiger partial charge in [-0.1, -0.05) is 19.3 Å². The monoisotopic (exact) mass is 333 g/mol. The SMILES string of the molecule is O=C(O)CCC1CCCN(C(=O)c2cc(C3CCCCC3)[nH]n2)C1. The number of likely N-dealkylation sites (tertiary alicyclic amines) is 1. The highest BCUT2D eigenvalue weighted by atomic mass is 16.4. The van der Waals surface area contributed by atoms with Crippen LogP contribution in [0.4, 0.5) is 0 Å². The van der Waals surface area contributed by atoms with Gasteiger partial charge < -0.3 is 10.0 Å². The first-order valence-corrected chi connectivity index (χ1v) is 9.20. The number of nitrogens with one attached hydrogen (secondary N) is 1. The highest BCUT2D eigenvalue weighted by Crippen LogP contribution is 2.32. The number of aliphatic carboxylic acids is 1. The van der Waals surface area contributed by atoms with Gasteiger partial charge in [0.05, 0.1) is 0 Å². The van der Waals surface area contributed by atoms with Crippen LogP contribution in [0.25, 0.3) is 0 Å². The number of carboxylic acid groups (broad SMARTS) is 1. The number of aromatic amines is 1. The fraction of sp³-hybridized carbons (Fsp3) is 0.722. The first-order valence-electron chi connectivity index (χ1n) is 9.20. The third-order valence-electron chi connectivity index (χ3n) is 5.43. The minimum absolute atomic E-state index is 0.0201. The molecule has 0 spiro atoms. The van der Waals surface area contributed by atoms with Crippen LogP contribution in [-0.4, -0.2) is 45.2 Å². The zero-order valence-corrected chi connectivity index (χ0v) is 14.2. The Hall–Kier alpha value is -1.85. The Balaban J connectivity index is 1.59. The molecule has 2 heterocycles. The summed E-state index contributed by atoms with van der Waals surface area (Å²) in [5.74, 6) is 0.0178. The quantitative estimate of drug-likeness (QED) is 0.866. The fourth-order valence-electron chi connectivity index (χ4n) is 4.04. The largest absolute Gasteiger partial charge is 0.481 e. The molecule has 1 aromatic rings. The molecular weight excluding hydrogens is 306 g/mol. The molecule has 24 heavy (non-hydrogen) atoms. The number of carboxylic acids is 1. The predicted molar refractivity (Wildman–Crippen MR) is 89.9 cm³/mol. The maximum atomic E-state index is 12.7. The van der Waals surface area contributed by atoms with Gasteiger partial charge in [-0.05, 0) is 44.1 Å². The zero-order chi connectivity index (χ0) is 16.9. The number of nitrogens with zero attached hydrogens (tertiary/aromatic N) is 2. The number of hydrogen-bond donors (Lipinski definition) is 2. The van der Waals surface area contributed by atoms with Crippen molar-refractivity contribution < 1.29 is 14.7 Å². The van der Waals surface area contributed by atoms with E-state index in [-0.39, 0.29) is 18.2 Å². The highest BCUT2D eigenvalue weighted by molar-refractivity contribution is 5.92. The number of H-pyrrole nitrogens is 1. The average molecular weight is 333 g/mol. The number of carbonyl (C=O) groups is 2. The van der Waals surface area contributed by atoms with Crippen LogP contribution >= 0.6 is 0 Å². The predicted octanol–water partition coefficient (Wildman–Crippen LogP) is 3.17. The van der Waals surface area contributed by atoms with Gasteiger partial charge in [0.1, 0.15) is 5.69 Å². The number of rotatable bonds is 5. The molecule has 2 N–H and O–H groups in total. The molecule has 6 heteroatoms. The number of amides is 1. The van der Waals surface area contributed by atoms with E-state index in [1.165, 1.54) is 32.1 Å². The van der Waals surface area contributed by atoms with Gasteiger partial charge in [0.15, 0.2) is 0 Å². The van der Waals surface area contributed by atoms with Crippen molar-refractivity contribution in [1.29, 1.82) is 0 Å². The first-order chi connectivity index (χ1) is 11.6.